The van der Waals surface area contributed by atoms with E-state index >= 15 is 0 Å². The van der Waals surface area contributed by atoms with E-state index < -0.39 is 10.5 Å². The van der Waals surface area contributed by atoms with E-state index in [0.717, 1.165) is 11.1 Å². The molecule has 0 nitrogen and oxygen atoms in total. The highest BCUT2D eigenvalue weighted by molar-refractivity contribution is 9.09. The number of alkyl halides is 4. The van der Waals surface area contributed by atoms with Gasteiger partial charge in [0.1, 0.15) is 0 Å². The van der Waals surface area contributed by atoms with Crippen LogP contribution in [0.4, 0.5) is 13.2 Å². The number of hydrogen-bond donors (Lipinski definition) is 0. The second kappa shape index (κ2) is 5.24. The zero-order valence-corrected chi connectivity index (χ0v) is 12.7. The van der Waals surface area contributed by atoms with Gasteiger partial charge < -0.3 is 0 Å². The third kappa shape index (κ3) is 2.62. The molecule has 1 unspecified atom stereocenters. The number of rotatable bonds is 3. The molecule has 0 aliphatic rings. The summed E-state index contributed by atoms with van der Waals surface area (Å²) < 4.78 is 40.6. The molecule has 4 heteroatoms. The maximum Gasteiger partial charge on any atom is 0.320 e. The largest absolute Gasteiger partial charge is 0.320 e. The maximum absolute atomic E-state index is 14.7. The van der Waals surface area contributed by atoms with E-state index in [2.05, 4.69) is 15.9 Å². The Hall–Kier alpha value is -1.29. The van der Waals surface area contributed by atoms with E-state index in [-0.39, 0.29) is 11.1 Å². The molecule has 106 valence electrons. The molecule has 20 heavy (non-hydrogen) atoms. The van der Waals surface area contributed by atoms with Gasteiger partial charge in [-0.3, -0.25) is 0 Å². The molecule has 0 aliphatic heterocycles. The SMILES string of the molecule is Cc1ccc(C(F)(F)C(F)(Br)c2ccc(C)cc2)cc1. The average Bonchev–Trinajstić information content (AvgIpc) is 2.39. The van der Waals surface area contributed by atoms with Crippen molar-refractivity contribution in [3.8, 4) is 0 Å². The minimum atomic E-state index is -3.67. The summed E-state index contributed by atoms with van der Waals surface area (Å²) in [6.45, 7) is 3.61. The second-order valence-corrected chi connectivity index (χ2v) is 5.97. The van der Waals surface area contributed by atoms with Crippen LogP contribution in [-0.2, 0) is 10.5 Å². The zero-order chi connectivity index (χ0) is 15.0. The highest BCUT2D eigenvalue weighted by Crippen LogP contribution is 2.52. The Morgan fingerprint density at radius 1 is 0.700 bits per heavy atom. The zero-order valence-electron chi connectivity index (χ0n) is 11.1. The molecule has 0 amide bonds. The minimum Gasteiger partial charge on any atom is -0.219 e. The quantitative estimate of drug-likeness (QED) is 0.635. The Balaban J connectivity index is 2.45. The van der Waals surface area contributed by atoms with Crippen molar-refractivity contribution >= 4 is 15.9 Å². The lowest BCUT2D eigenvalue weighted by Crippen LogP contribution is -2.34. The molecule has 2 rings (SSSR count). The topological polar surface area (TPSA) is 0 Å². The molecule has 1 atom stereocenters. The van der Waals surface area contributed by atoms with Crippen LogP contribution in [-0.4, -0.2) is 0 Å². The maximum atomic E-state index is 14.7. The van der Waals surface area contributed by atoms with Crippen LogP contribution in [0.25, 0.3) is 0 Å². The van der Waals surface area contributed by atoms with E-state index in [1.807, 2.05) is 6.92 Å². The van der Waals surface area contributed by atoms with E-state index in [0.29, 0.717) is 0 Å². The monoisotopic (exact) mass is 342 g/mol. The third-order valence-corrected chi connectivity index (χ3v) is 4.18. The number of hydrogen-bond acceptors (Lipinski definition) is 0. The van der Waals surface area contributed by atoms with Crippen molar-refractivity contribution in [2.45, 2.75) is 24.3 Å². The van der Waals surface area contributed by atoms with Crippen molar-refractivity contribution in [1.29, 1.82) is 0 Å². The van der Waals surface area contributed by atoms with Gasteiger partial charge in [0, 0.05) is 11.1 Å². The van der Waals surface area contributed by atoms with Crippen molar-refractivity contribution in [3.63, 3.8) is 0 Å². The minimum absolute atomic E-state index is 0.103. The molecule has 0 saturated carbocycles. The average molecular weight is 343 g/mol. The third-order valence-electron chi connectivity index (χ3n) is 3.22. The van der Waals surface area contributed by atoms with Gasteiger partial charge in [-0.2, -0.15) is 8.78 Å². The van der Waals surface area contributed by atoms with Crippen LogP contribution in [0.1, 0.15) is 22.3 Å². The normalized spacial score (nSPS) is 14.9. The molecule has 0 radical (unpaired) electrons. The first-order valence-electron chi connectivity index (χ1n) is 6.15. The Kier molecular flexibility index (Phi) is 3.96. The lowest BCUT2D eigenvalue weighted by molar-refractivity contribution is -0.0972. The van der Waals surface area contributed by atoms with Gasteiger partial charge in [-0.05, 0) is 29.8 Å². The summed E-state index contributed by atoms with van der Waals surface area (Å²) in [5.41, 5.74) is 1.27. The summed E-state index contributed by atoms with van der Waals surface area (Å²) >= 11 is 2.57. The lowest BCUT2D eigenvalue weighted by Gasteiger charge is -2.29. The van der Waals surface area contributed by atoms with Crippen LogP contribution in [0.15, 0.2) is 48.5 Å². The predicted octanol–water partition coefficient (Wildman–Crippen LogP) is 5.61. The highest BCUT2D eigenvalue weighted by atomic mass is 79.9. The van der Waals surface area contributed by atoms with Crippen LogP contribution in [0.2, 0.25) is 0 Å². The first-order chi connectivity index (χ1) is 9.25. The van der Waals surface area contributed by atoms with Crippen molar-refractivity contribution in [3.05, 3.63) is 70.8 Å². The van der Waals surface area contributed by atoms with E-state index in [4.69, 9.17) is 0 Å². The molecule has 0 bridgehead atoms. The number of benzene rings is 2. The molecule has 0 saturated heterocycles. The smallest absolute Gasteiger partial charge is 0.219 e. The van der Waals surface area contributed by atoms with Gasteiger partial charge in [0.25, 0.3) is 4.58 Å². The summed E-state index contributed by atoms with van der Waals surface area (Å²) in [6, 6.07) is 11.5. The molecule has 0 fully saturated rings. The Bertz CT molecular complexity index is 531. The van der Waals surface area contributed by atoms with Gasteiger partial charge in [0.2, 0.25) is 0 Å². The van der Waals surface area contributed by atoms with E-state index in [9.17, 15) is 13.2 Å². The first kappa shape index (κ1) is 15.1. The summed E-state index contributed by atoms with van der Waals surface area (Å²) in [7, 11) is 0. The molecule has 2 aromatic carbocycles. The second-order valence-electron chi connectivity index (χ2n) is 4.88. The van der Waals surface area contributed by atoms with Gasteiger partial charge in [0.05, 0.1) is 0 Å². The molecular weight excluding hydrogens is 329 g/mol. The summed E-state index contributed by atoms with van der Waals surface area (Å²) in [4.78, 5) is 0. The van der Waals surface area contributed by atoms with Gasteiger partial charge >= 0.3 is 5.92 Å². The van der Waals surface area contributed by atoms with E-state index in [1.54, 1.807) is 31.2 Å². The van der Waals surface area contributed by atoms with Crippen molar-refractivity contribution in [2.24, 2.45) is 0 Å². The lowest BCUT2D eigenvalue weighted by atomic mass is 9.97. The molecule has 2 aromatic rings. The highest BCUT2D eigenvalue weighted by Gasteiger charge is 2.55. The summed E-state index contributed by atoms with van der Waals surface area (Å²) in [6.07, 6.45) is 0. The predicted molar refractivity (Wildman–Crippen MR) is 78.0 cm³/mol. The molecule has 0 spiro atoms. The Labute approximate surface area is 124 Å². The molecule has 0 aromatic heterocycles. The van der Waals surface area contributed by atoms with Crippen LogP contribution < -0.4 is 0 Å². The fourth-order valence-corrected chi connectivity index (χ4v) is 2.38. The Morgan fingerprint density at radius 3 is 1.45 bits per heavy atom. The van der Waals surface area contributed by atoms with Crippen LogP contribution in [0, 0.1) is 13.8 Å². The summed E-state index contributed by atoms with van der Waals surface area (Å²) in [5.74, 6) is -3.67. The van der Waals surface area contributed by atoms with E-state index in [1.165, 1.54) is 24.3 Å². The van der Waals surface area contributed by atoms with Gasteiger partial charge in [-0.25, -0.2) is 4.39 Å². The molecular formula is C16H14BrF3. The molecule has 0 heterocycles. The fraction of sp³-hybridized carbons (Fsp3) is 0.250. The Morgan fingerprint density at radius 2 is 1.05 bits per heavy atom. The van der Waals surface area contributed by atoms with Crippen LogP contribution >= 0.6 is 15.9 Å². The number of halogens is 4. The van der Waals surface area contributed by atoms with Gasteiger partial charge in [0.15, 0.2) is 0 Å². The first-order valence-corrected chi connectivity index (χ1v) is 6.94. The standard InChI is InChI=1S/C16H14BrF3/c1-11-3-7-13(8-4-11)15(17,18)16(19,20)14-9-5-12(2)6-10-14/h3-10H,1-2H3. The van der Waals surface area contributed by atoms with Crippen molar-refractivity contribution in [2.75, 3.05) is 0 Å². The summed E-state index contributed by atoms with van der Waals surface area (Å²) in [5, 5.41) is 0. The van der Waals surface area contributed by atoms with Gasteiger partial charge in [-0.15, -0.1) is 0 Å². The van der Waals surface area contributed by atoms with Crippen molar-refractivity contribution < 1.29 is 13.2 Å². The number of aryl methyl sites for hydroxylation is 2. The van der Waals surface area contributed by atoms with Gasteiger partial charge in [-0.1, -0.05) is 59.7 Å². The fourth-order valence-electron chi connectivity index (χ4n) is 1.89. The van der Waals surface area contributed by atoms with Crippen LogP contribution in [0.5, 0.6) is 0 Å². The molecule has 0 aliphatic carbocycles. The van der Waals surface area contributed by atoms with Crippen LogP contribution in [0.3, 0.4) is 0 Å². The van der Waals surface area contributed by atoms with Crippen molar-refractivity contribution in [1.82, 2.24) is 0 Å². The molecule has 0 N–H and O–H groups in total.